The van der Waals surface area contributed by atoms with Crippen LogP contribution in [-0.4, -0.2) is 16.8 Å². The molecule has 0 atom stereocenters. The summed E-state index contributed by atoms with van der Waals surface area (Å²) in [6, 6.07) is 2.01. The quantitative estimate of drug-likeness (QED) is 0.361. The lowest BCUT2D eigenvalue weighted by Crippen LogP contribution is -2.21. The fourth-order valence-corrected chi connectivity index (χ4v) is 1.44. The number of amides is 1. The Hall–Kier alpha value is -2.17. The van der Waals surface area contributed by atoms with E-state index in [2.05, 4.69) is 0 Å². The van der Waals surface area contributed by atoms with Crippen LogP contribution in [-0.2, 0) is 4.79 Å². The summed E-state index contributed by atoms with van der Waals surface area (Å²) in [5.41, 5.74) is 5.20. The number of carbonyl (C=O) groups is 2. The molecule has 4 nitrogen and oxygen atoms in total. The Morgan fingerprint density at radius 1 is 1.41 bits per heavy atom. The van der Waals surface area contributed by atoms with Crippen molar-refractivity contribution >= 4 is 11.7 Å². The van der Waals surface area contributed by atoms with Crippen molar-refractivity contribution < 1.29 is 19.1 Å². The van der Waals surface area contributed by atoms with Crippen molar-refractivity contribution in [1.82, 2.24) is 0 Å². The molecule has 0 saturated carbocycles. The molecule has 0 heterocycles. The number of halogens is 1. The molecule has 3 N–H and O–H groups in total. The molecule has 90 valence electrons. The molecule has 0 saturated heterocycles. The van der Waals surface area contributed by atoms with Gasteiger partial charge in [-0.05, 0) is 31.5 Å². The van der Waals surface area contributed by atoms with Crippen LogP contribution in [0.3, 0.4) is 0 Å². The summed E-state index contributed by atoms with van der Waals surface area (Å²) < 4.78 is 13.2. The third-order valence-corrected chi connectivity index (χ3v) is 2.34. The van der Waals surface area contributed by atoms with Crippen LogP contribution in [0.1, 0.15) is 22.8 Å². The van der Waals surface area contributed by atoms with E-state index < -0.39 is 23.3 Å². The van der Waals surface area contributed by atoms with Gasteiger partial charge in [-0.15, -0.1) is 0 Å². The Labute approximate surface area is 97.6 Å². The molecule has 5 heteroatoms. The maximum Gasteiger partial charge on any atom is 0.252 e. The second-order valence-electron chi connectivity index (χ2n) is 3.51. The van der Waals surface area contributed by atoms with Gasteiger partial charge < -0.3 is 10.8 Å². The molecule has 0 fully saturated rings. The average molecular weight is 237 g/mol. The number of carbonyl (C=O) groups excluding carboxylic acids is 2. The fourth-order valence-electron chi connectivity index (χ4n) is 1.44. The molecule has 0 radical (unpaired) electrons. The Kier molecular flexibility index (Phi) is 3.62. The minimum atomic E-state index is -0.918. The summed E-state index contributed by atoms with van der Waals surface area (Å²) in [6.07, 6.45) is 1.27. The molecule has 0 aliphatic carbocycles. The van der Waals surface area contributed by atoms with Crippen molar-refractivity contribution in [1.29, 1.82) is 0 Å². The van der Waals surface area contributed by atoms with Crippen LogP contribution in [0.2, 0.25) is 0 Å². The molecular weight excluding hydrogens is 225 g/mol. The van der Waals surface area contributed by atoms with Crippen LogP contribution in [0.4, 0.5) is 4.39 Å². The minimum absolute atomic E-state index is 0.00667. The standard InChI is InChI=1S/C12H12FNO3/c1-3-7(12(14)17)11(16)8-5-9(13)10(15)4-6(8)2/h3-5,15H,1-2H3,(H2,14,17)/b7-3+. The van der Waals surface area contributed by atoms with Crippen molar-refractivity contribution in [3.8, 4) is 5.75 Å². The summed E-state index contributed by atoms with van der Waals surface area (Å²) in [7, 11) is 0. The van der Waals surface area contributed by atoms with Gasteiger partial charge in [0.05, 0.1) is 5.57 Å². The van der Waals surface area contributed by atoms with Gasteiger partial charge in [-0.2, -0.15) is 0 Å². The van der Waals surface area contributed by atoms with E-state index in [0.717, 1.165) is 12.1 Å². The van der Waals surface area contributed by atoms with Gasteiger partial charge in [0, 0.05) is 5.56 Å². The number of allylic oxidation sites excluding steroid dienone is 1. The monoisotopic (exact) mass is 237 g/mol. The molecule has 1 aromatic carbocycles. The summed E-state index contributed by atoms with van der Waals surface area (Å²) >= 11 is 0. The maximum absolute atomic E-state index is 13.2. The second kappa shape index (κ2) is 4.78. The highest BCUT2D eigenvalue weighted by Gasteiger charge is 2.20. The highest BCUT2D eigenvalue weighted by atomic mass is 19.1. The lowest BCUT2D eigenvalue weighted by atomic mass is 9.98. The molecule has 1 aromatic rings. The molecule has 0 aliphatic heterocycles. The first-order valence-electron chi connectivity index (χ1n) is 4.88. The van der Waals surface area contributed by atoms with Gasteiger partial charge in [-0.3, -0.25) is 9.59 Å². The van der Waals surface area contributed by atoms with E-state index >= 15 is 0 Å². The van der Waals surface area contributed by atoms with Crippen molar-refractivity contribution in [3.05, 3.63) is 40.7 Å². The van der Waals surface area contributed by atoms with Crippen LogP contribution in [0.15, 0.2) is 23.8 Å². The van der Waals surface area contributed by atoms with Gasteiger partial charge in [0.25, 0.3) is 5.91 Å². The molecular formula is C12H12FNO3. The van der Waals surface area contributed by atoms with Crippen LogP contribution in [0.5, 0.6) is 5.75 Å². The summed E-state index contributed by atoms with van der Waals surface area (Å²) in [5, 5.41) is 9.12. The van der Waals surface area contributed by atoms with E-state index in [1.165, 1.54) is 19.9 Å². The average Bonchev–Trinajstić information content (AvgIpc) is 2.23. The zero-order chi connectivity index (χ0) is 13.2. The van der Waals surface area contributed by atoms with E-state index in [1.807, 2.05) is 0 Å². The second-order valence-corrected chi connectivity index (χ2v) is 3.51. The number of hydrogen-bond donors (Lipinski definition) is 2. The van der Waals surface area contributed by atoms with Crippen LogP contribution in [0.25, 0.3) is 0 Å². The first-order chi connectivity index (χ1) is 7.88. The number of hydrogen-bond acceptors (Lipinski definition) is 3. The largest absolute Gasteiger partial charge is 0.505 e. The lowest BCUT2D eigenvalue weighted by molar-refractivity contribution is -0.114. The van der Waals surface area contributed by atoms with E-state index in [0.29, 0.717) is 5.56 Å². The number of benzene rings is 1. The zero-order valence-corrected chi connectivity index (χ0v) is 9.45. The first kappa shape index (κ1) is 12.9. The Morgan fingerprint density at radius 2 is 2.00 bits per heavy atom. The number of nitrogens with two attached hydrogens (primary N) is 1. The third kappa shape index (κ3) is 2.50. The summed E-state index contributed by atoms with van der Waals surface area (Å²) in [4.78, 5) is 22.9. The van der Waals surface area contributed by atoms with E-state index in [9.17, 15) is 14.0 Å². The van der Waals surface area contributed by atoms with Crippen LogP contribution < -0.4 is 5.73 Å². The first-order valence-corrected chi connectivity index (χ1v) is 4.88. The predicted molar refractivity (Wildman–Crippen MR) is 60.1 cm³/mol. The van der Waals surface area contributed by atoms with Gasteiger partial charge in [-0.1, -0.05) is 6.08 Å². The van der Waals surface area contributed by atoms with Gasteiger partial charge >= 0.3 is 0 Å². The number of aromatic hydroxyl groups is 1. The van der Waals surface area contributed by atoms with Gasteiger partial charge in [-0.25, -0.2) is 4.39 Å². The summed E-state index contributed by atoms with van der Waals surface area (Å²) in [6.45, 7) is 3.02. The van der Waals surface area contributed by atoms with Crippen molar-refractivity contribution in [3.63, 3.8) is 0 Å². The normalized spacial score (nSPS) is 11.4. The van der Waals surface area contributed by atoms with Gasteiger partial charge in [0.1, 0.15) is 0 Å². The molecule has 0 spiro atoms. The third-order valence-electron chi connectivity index (χ3n) is 2.34. The SMILES string of the molecule is C/C=C(/C(N)=O)C(=O)c1cc(F)c(O)cc1C. The molecule has 0 bridgehead atoms. The fraction of sp³-hybridized carbons (Fsp3) is 0.167. The number of rotatable bonds is 3. The van der Waals surface area contributed by atoms with Gasteiger partial charge in [0.15, 0.2) is 17.3 Å². The number of phenols is 1. The molecule has 17 heavy (non-hydrogen) atoms. The van der Waals surface area contributed by atoms with E-state index in [1.54, 1.807) is 0 Å². The lowest BCUT2D eigenvalue weighted by Gasteiger charge is -2.07. The topological polar surface area (TPSA) is 80.4 Å². The number of Topliss-reactive ketones (excluding diaryl/α,β-unsaturated/α-hetero) is 1. The van der Waals surface area contributed by atoms with Crippen molar-refractivity contribution in [2.75, 3.05) is 0 Å². The van der Waals surface area contributed by atoms with E-state index in [4.69, 9.17) is 10.8 Å². The van der Waals surface area contributed by atoms with E-state index in [-0.39, 0.29) is 11.1 Å². The highest BCUT2D eigenvalue weighted by molar-refractivity contribution is 6.25. The highest BCUT2D eigenvalue weighted by Crippen LogP contribution is 2.22. The maximum atomic E-state index is 13.2. The summed E-state index contributed by atoms with van der Waals surface area (Å²) in [5.74, 6) is -2.99. The van der Waals surface area contributed by atoms with Crippen LogP contribution >= 0.6 is 0 Å². The van der Waals surface area contributed by atoms with Crippen molar-refractivity contribution in [2.45, 2.75) is 13.8 Å². The van der Waals surface area contributed by atoms with Gasteiger partial charge in [0.2, 0.25) is 0 Å². The minimum Gasteiger partial charge on any atom is -0.505 e. The van der Waals surface area contributed by atoms with Crippen molar-refractivity contribution in [2.24, 2.45) is 5.73 Å². The molecule has 0 aliphatic rings. The Morgan fingerprint density at radius 3 is 2.47 bits per heavy atom. The molecule has 0 aromatic heterocycles. The van der Waals surface area contributed by atoms with Crippen LogP contribution in [0, 0.1) is 12.7 Å². The smallest absolute Gasteiger partial charge is 0.252 e. The molecule has 1 amide bonds. The Bertz CT molecular complexity index is 521. The predicted octanol–water partition coefficient (Wildman–Crippen LogP) is 1.45. The molecule has 0 unspecified atom stereocenters. The zero-order valence-electron chi connectivity index (χ0n) is 9.45. The number of ketones is 1. The molecule has 1 rings (SSSR count). The number of primary amides is 1. The Balaban J connectivity index is 3.31. The number of aryl methyl sites for hydroxylation is 1. The number of phenolic OH excluding ortho intramolecular Hbond substituents is 1.